The van der Waals surface area contributed by atoms with E-state index < -0.39 is 80.2 Å². The van der Waals surface area contributed by atoms with Crippen molar-refractivity contribution >= 4 is 55.9 Å². The highest BCUT2D eigenvalue weighted by Crippen LogP contribution is 2.48. The molecule has 0 spiro atoms. The molecule has 0 unspecified atom stereocenters. The third-order valence-corrected chi connectivity index (χ3v) is 13.7. The summed E-state index contributed by atoms with van der Waals surface area (Å²) in [7, 11) is -3.95. The van der Waals surface area contributed by atoms with Gasteiger partial charge in [0.25, 0.3) is 11.8 Å². The lowest BCUT2D eigenvalue weighted by Crippen LogP contribution is -2.58. The van der Waals surface area contributed by atoms with Crippen LogP contribution in [0.1, 0.15) is 97.0 Å². The zero-order chi connectivity index (χ0) is 44.2. The average molecular weight is 883 g/mol. The number of carbonyl (C=O) groups excluding carboxylic acids is 4. The van der Waals surface area contributed by atoms with Crippen LogP contribution in [0.2, 0.25) is 0 Å². The monoisotopic (exact) mass is 882 g/mol. The van der Waals surface area contributed by atoms with Gasteiger partial charge in [0.05, 0.1) is 17.4 Å². The molecule has 4 amide bonds. The van der Waals surface area contributed by atoms with E-state index >= 15 is 0 Å². The Morgan fingerprint density at radius 1 is 0.935 bits per heavy atom. The zero-order valence-corrected chi connectivity index (χ0v) is 35.4. The molecule has 4 fully saturated rings. The predicted octanol–water partition coefficient (Wildman–Crippen LogP) is 6.53. The number of alkyl carbamates (subject to hydrolysis) is 1. The van der Waals surface area contributed by atoms with Crippen LogP contribution in [-0.4, -0.2) is 88.2 Å². The Hall–Kier alpha value is -5.46. The van der Waals surface area contributed by atoms with Crippen LogP contribution in [0, 0.1) is 5.92 Å². The van der Waals surface area contributed by atoms with Crippen LogP contribution in [0.15, 0.2) is 52.9 Å². The maximum atomic E-state index is 14.7. The molecule has 332 valence electrons. The van der Waals surface area contributed by atoms with Gasteiger partial charge in [-0.05, 0) is 83.1 Å². The number of furan rings is 1. The number of nitrogens with zero attached hydrogens (tertiary/aromatic N) is 3. The highest BCUT2D eigenvalue weighted by atomic mass is 32.2. The summed E-state index contributed by atoms with van der Waals surface area (Å²) in [4.78, 5) is 66.8. The fraction of sp³-hybridized carbons (Fsp3) is 0.535. The van der Waals surface area contributed by atoms with Crippen LogP contribution in [0.4, 0.5) is 18.0 Å². The van der Waals surface area contributed by atoms with Crippen LogP contribution in [-0.2, 0) is 35.3 Å². The van der Waals surface area contributed by atoms with Gasteiger partial charge in [-0.25, -0.2) is 18.2 Å². The van der Waals surface area contributed by atoms with Crippen molar-refractivity contribution in [2.45, 2.75) is 132 Å². The van der Waals surface area contributed by atoms with Crippen LogP contribution < -0.4 is 20.1 Å². The van der Waals surface area contributed by atoms with Gasteiger partial charge >= 0.3 is 12.3 Å². The first-order valence-corrected chi connectivity index (χ1v) is 22.6. The van der Waals surface area contributed by atoms with Crippen LogP contribution in [0.5, 0.6) is 5.88 Å². The number of aromatic nitrogens is 2. The van der Waals surface area contributed by atoms with E-state index in [9.17, 15) is 40.8 Å². The molecule has 2 aliphatic heterocycles. The quantitative estimate of drug-likeness (QED) is 0.182. The van der Waals surface area contributed by atoms with Crippen molar-refractivity contribution in [2.24, 2.45) is 5.92 Å². The van der Waals surface area contributed by atoms with E-state index in [1.165, 1.54) is 17.0 Å². The summed E-state index contributed by atoms with van der Waals surface area (Å²) in [6.45, 7) is 4.88. The smallest absolute Gasteiger partial charge is 0.416 e. The SMILES string of the molecule is CC(C)(C)OC(=O)N[C@H]1CCCCCCC[C@H]2C[C@@]2(C(=O)NS(=O)(=O)C2CC2)NC(=O)[C@@H]2C[C@@H](Oc3nc(-c4ccc(C(F)(F)F)cc4)nc4c3oc3ccccc34)CN2C1=O. The van der Waals surface area contributed by atoms with Gasteiger partial charge in [-0.1, -0.05) is 56.4 Å². The van der Waals surface area contributed by atoms with Crippen molar-refractivity contribution in [2.75, 3.05) is 6.54 Å². The van der Waals surface area contributed by atoms with Crippen molar-refractivity contribution in [1.82, 2.24) is 30.2 Å². The second-order valence-corrected chi connectivity index (χ2v) is 19.7. The number of carbonyl (C=O) groups is 4. The van der Waals surface area contributed by atoms with Gasteiger partial charge in [0, 0.05) is 17.4 Å². The Balaban J connectivity index is 1.14. The molecule has 4 aliphatic rings. The number of sulfonamides is 1. The number of rotatable bonds is 7. The first-order chi connectivity index (χ1) is 29.3. The van der Waals surface area contributed by atoms with E-state index in [1.807, 2.05) is 0 Å². The van der Waals surface area contributed by atoms with Gasteiger partial charge in [0.2, 0.25) is 27.4 Å². The molecule has 0 radical (unpaired) electrons. The highest BCUT2D eigenvalue weighted by molar-refractivity contribution is 7.91. The maximum Gasteiger partial charge on any atom is 0.416 e. The summed E-state index contributed by atoms with van der Waals surface area (Å²) in [6.07, 6.45) is -0.889. The highest BCUT2D eigenvalue weighted by Gasteiger charge is 2.62. The third kappa shape index (κ3) is 9.17. The van der Waals surface area contributed by atoms with Gasteiger partial charge in [0.1, 0.15) is 40.4 Å². The Bertz CT molecular complexity index is 2500. The first kappa shape index (κ1) is 43.2. The maximum absolute atomic E-state index is 14.7. The Morgan fingerprint density at radius 3 is 2.32 bits per heavy atom. The van der Waals surface area contributed by atoms with Gasteiger partial charge in [0.15, 0.2) is 5.82 Å². The van der Waals surface area contributed by atoms with E-state index in [2.05, 4.69) is 25.3 Å². The predicted molar refractivity (Wildman–Crippen MR) is 219 cm³/mol. The molecule has 3 N–H and O–H groups in total. The van der Waals surface area contributed by atoms with E-state index in [1.54, 1.807) is 45.0 Å². The first-order valence-electron chi connectivity index (χ1n) is 21.0. The normalized spacial score (nSPS) is 25.2. The lowest BCUT2D eigenvalue weighted by Gasteiger charge is -2.30. The van der Waals surface area contributed by atoms with Gasteiger partial charge < -0.3 is 29.4 Å². The molecule has 2 saturated heterocycles. The van der Waals surface area contributed by atoms with E-state index in [0.29, 0.717) is 42.2 Å². The van der Waals surface area contributed by atoms with Crippen LogP contribution >= 0.6 is 0 Å². The molecule has 0 bridgehead atoms. The number of benzene rings is 2. The number of halogens is 3. The molecule has 62 heavy (non-hydrogen) atoms. The molecule has 2 aliphatic carbocycles. The number of nitrogens with one attached hydrogen (secondary N) is 3. The number of fused-ring (bicyclic) bond motifs is 5. The Morgan fingerprint density at radius 2 is 1.63 bits per heavy atom. The fourth-order valence-corrected chi connectivity index (χ4v) is 9.81. The molecule has 4 aromatic rings. The number of alkyl halides is 3. The van der Waals surface area contributed by atoms with Crippen LogP contribution in [0.25, 0.3) is 33.5 Å². The number of hydrogen-bond acceptors (Lipinski definition) is 11. The second-order valence-electron chi connectivity index (χ2n) is 17.8. The third-order valence-electron chi connectivity index (χ3n) is 11.9. The molecule has 2 aromatic carbocycles. The molecule has 15 nitrogen and oxygen atoms in total. The minimum Gasteiger partial charge on any atom is -0.470 e. The van der Waals surface area contributed by atoms with E-state index in [-0.39, 0.29) is 54.6 Å². The lowest BCUT2D eigenvalue weighted by atomic mass is 10.0. The summed E-state index contributed by atoms with van der Waals surface area (Å²) in [5.41, 5.74) is -2.12. The molecule has 2 aromatic heterocycles. The molecule has 2 saturated carbocycles. The number of hydrogen-bond donors (Lipinski definition) is 3. The van der Waals surface area contributed by atoms with Crippen LogP contribution in [0.3, 0.4) is 0 Å². The van der Waals surface area contributed by atoms with Crippen molar-refractivity contribution in [3.63, 3.8) is 0 Å². The standard InChI is InChI=1S/C43H49F3N6O9S/c1-41(2,3)61-40(56)47-30-13-8-6-4-5-7-11-26-22-42(26,39(55)51-62(57,58)28-19-20-28)50-36(53)31-21-27(23-52(31)38(30)54)59-37-34-33(29-12-9-10-14-32(29)60-34)48-35(49-37)24-15-17-25(18-16-24)43(44,45)46/h9-10,12,14-18,26-28,30-31H,4-8,11,13,19-23H2,1-3H3,(H,47,56)(H,50,53)(H,51,55)/t26-,27+,30-,31-,42+/m0/s1. The summed E-state index contributed by atoms with van der Waals surface area (Å²) >= 11 is 0. The van der Waals surface area contributed by atoms with Crippen molar-refractivity contribution < 1.29 is 54.7 Å². The van der Waals surface area contributed by atoms with Crippen molar-refractivity contribution in [3.8, 4) is 17.3 Å². The minimum absolute atomic E-state index is 0.0324. The van der Waals surface area contributed by atoms with Gasteiger partial charge in [-0.3, -0.25) is 19.1 Å². The van der Waals surface area contributed by atoms with Gasteiger partial charge in [-0.15, -0.1) is 0 Å². The molecule has 5 atom stereocenters. The zero-order valence-electron chi connectivity index (χ0n) is 34.5. The number of ether oxygens (including phenoxy) is 2. The molecular weight excluding hydrogens is 834 g/mol. The summed E-state index contributed by atoms with van der Waals surface area (Å²) in [5, 5.41) is 5.49. The fourth-order valence-electron chi connectivity index (χ4n) is 8.44. The van der Waals surface area contributed by atoms with E-state index in [0.717, 1.165) is 37.8 Å². The van der Waals surface area contributed by atoms with Gasteiger partial charge in [-0.2, -0.15) is 18.2 Å². The second kappa shape index (κ2) is 16.3. The van der Waals surface area contributed by atoms with Crippen molar-refractivity contribution in [3.05, 3.63) is 54.1 Å². The lowest BCUT2D eigenvalue weighted by molar-refractivity contribution is -0.141. The largest absolute Gasteiger partial charge is 0.470 e. The summed E-state index contributed by atoms with van der Waals surface area (Å²) in [6, 6.07) is 8.96. The topological polar surface area (TPSA) is 199 Å². The summed E-state index contributed by atoms with van der Waals surface area (Å²) < 4.78 is 86.7. The Labute approximate surface area is 355 Å². The minimum atomic E-state index is -4.57. The average Bonchev–Trinajstić information content (AvgIpc) is 4.10. The Kier molecular flexibility index (Phi) is 11.4. The van der Waals surface area contributed by atoms with E-state index in [4.69, 9.17) is 13.9 Å². The molecule has 8 rings (SSSR count). The molecular formula is C43H49F3N6O9S. The number of para-hydroxylation sites is 1. The molecule has 4 heterocycles. The number of amides is 4. The molecule has 19 heteroatoms. The van der Waals surface area contributed by atoms with Crippen molar-refractivity contribution in [1.29, 1.82) is 0 Å². The summed E-state index contributed by atoms with van der Waals surface area (Å²) in [5.74, 6) is -2.51.